The van der Waals surface area contributed by atoms with Crippen LogP contribution in [0.15, 0.2) is 24.5 Å². The Balaban J connectivity index is 2.15. The van der Waals surface area contributed by atoms with E-state index in [9.17, 15) is 4.79 Å². The molecule has 1 aromatic rings. The first-order valence-corrected chi connectivity index (χ1v) is 4.88. The van der Waals surface area contributed by atoms with Crippen molar-refractivity contribution in [3.05, 3.63) is 24.5 Å². The van der Waals surface area contributed by atoms with E-state index < -0.39 is 0 Å². The molecule has 66 valence electrons. The van der Waals surface area contributed by atoms with Crippen LogP contribution in [0.25, 0.3) is 0 Å². The van der Waals surface area contributed by atoms with Crippen molar-refractivity contribution < 1.29 is 4.79 Å². The van der Waals surface area contributed by atoms with Crippen LogP contribution in [0, 0.1) is 0 Å². The summed E-state index contributed by atoms with van der Waals surface area (Å²) in [6, 6.07) is 3.93. The highest BCUT2D eigenvalue weighted by atomic mass is 79.9. The highest BCUT2D eigenvalue weighted by Gasteiger charge is 1.95. The van der Waals surface area contributed by atoms with Crippen molar-refractivity contribution >= 4 is 21.8 Å². The summed E-state index contributed by atoms with van der Waals surface area (Å²) in [6.07, 6.45) is 3.95. The number of hydrogen-bond donors (Lipinski definition) is 1. The topological polar surface area (TPSA) is 34.0 Å². The first-order valence-electron chi connectivity index (χ1n) is 3.76. The average Bonchev–Trinajstić information content (AvgIpc) is 2.57. The fraction of sp³-hybridized carbons (Fsp3) is 0.375. The Morgan fingerprint density at radius 3 is 2.67 bits per heavy atom. The van der Waals surface area contributed by atoms with E-state index in [2.05, 4.69) is 21.2 Å². The van der Waals surface area contributed by atoms with Gasteiger partial charge in [0, 0.05) is 25.5 Å². The Hall–Kier alpha value is -0.770. The lowest BCUT2D eigenvalue weighted by Gasteiger charge is -2.03. The van der Waals surface area contributed by atoms with Gasteiger partial charge in [-0.05, 0) is 12.1 Å². The van der Waals surface area contributed by atoms with E-state index in [-0.39, 0.29) is 5.91 Å². The number of carbonyl (C=O) groups is 1. The van der Waals surface area contributed by atoms with Crippen LogP contribution in [0.1, 0.15) is 0 Å². The van der Waals surface area contributed by atoms with Crippen molar-refractivity contribution in [3.63, 3.8) is 0 Å². The van der Waals surface area contributed by atoms with E-state index in [4.69, 9.17) is 0 Å². The largest absolute Gasteiger partial charge is 0.354 e. The third kappa shape index (κ3) is 3.09. The molecule has 1 heterocycles. The van der Waals surface area contributed by atoms with Gasteiger partial charge in [-0.1, -0.05) is 15.9 Å². The quantitative estimate of drug-likeness (QED) is 0.770. The van der Waals surface area contributed by atoms with Gasteiger partial charge in [0.1, 0.15) is 0 Å². The maximum Gasteiger partial charge on any atom is 0.230 e. The summed E-state index contributed by atoms with van der Waals surface area (Å²) in [6.45, 7) is 1.50. The van der Waals surface area contributed by atoms with Crippen LogP contribution in [-0.4, -0.2) is 22.3 Å². The fourth-order valence-electron chi connectivity index (χ4n) is 0.891. The molecule has 0 atom stereocenters. The molecule has 0 spiro atoms. The molecule has 1 N–H and O–H groups in total. The van der Waals surface area contributed by atoms with Crippen molar-refractivity contribution in [3.8, 4) is 0 Å². The van der Waals surface area contributed by atoms with Crippen LogP contribution in [-0.2, 0) is 11.3 Å². The van der Waals surface area contributed by atoms with E-state index in [1.807, 2.05) is 29.1 Å². The highest BCUT2D eigenvalue weighted by molar-refractivity contribution is 9.09. The number of hydrogen-bond acceptors (Lipinski definition) is 1. The third-order valence-corrected chi connectivity index (χ3v) is 1.99. The smallest absolute Gasteiger partial charge is 0.230 e. The number of aromatic nitrogens is 1. The maximum absolute atomic E-state index is 10.8. The lowest BCUT2D eigenvalue weighted by molar-refractivity contribution is -0.118. The number of halogens is 1. The Morgan fingerprint density at radius 1 is 1.42 bits per heavy atom. The molecular weight excluding hydrogens is 220 g/mol. The predicted molar refractivity (Wildman–Crippen MR) is 51.2 cm³/mol. The predicted octanol–water partition coefficient (Wildman–Crippen LogP) is 0.999. The molecule has 4 heteroatoms. The van der Waals surface area contributed by atoms with Crippen LogP contribution >= 0.6 is 15.9 Å². The van der Waals surface area contributed by atoms with Gasteiger partial charge in [-0.2, -0.15) is 0 Å². The van der Waals surface area contributed by atoms with E-state index >= 15 is 0 Å². The lowest BCUT2D eigenvalue weighted by Crippen LogP contribution is -2.27. The minimum Gasteiger partial charge on any atom is -0.354 e. The fourth-order valence-corrected chi connectivity index (χ4v) is 1.09. The van der Waals surface area contributed by atoms with Gasteiger partial charge >= 0.3 is 0 Å². The number of carbonyl (C=O) groups excluding carboxylic acids is 1. The summed E-state index contributed by atoms with van der Waals surface area (Å²) in [7, 11) is 0. The zero-order chi connectivity index (χ0) is 8.81. The van der Waals surface area contributed by atoms with Gasteiger partial charge in [0.2, 0.25) is 5.91 Å². The normalized spacial score (nSPS) is 9.75. The van der Waals surface area contributed by atoms with Gasteiger partial charge in [-0.3, -0.25) is 4.79 Å². The van der Waals surface area contributed by atoms with Gasteiger partial charge in [-0.15, -0.1) is 0 Å². The second-order valence-electron chi connectivity index (χ2n) is 2.40. The maximum atomic E-state index is 10.8. The van der Waals surface area contributed by atoms with Gasteiger partial charge in [-0.25, -0.2) is 0 Å². The summed E-state index contributed by atoms with van der Waals surface area (Å²) < 4.78 is 2.02. The van der Waals surface area contributed by atoms with Crippen LogP contribution in [0.2, 0.25) is 0 Å². The SMILES string of the molecule is O=C(CBr)NCCn1cccc1. The molecule has 0 saturated heterocycles. The minimum atomic E-state index is 0.0298. The molecular formula is C8H11BrN2O. The van der Waals surface area contributed by atoms with Crippen molar-refractivity contribution in [1.82, 2.24) is 9.88 Å². The van der Waals surface area contributed by atoms with E-state index in [1.165, 1.54) is 0 Å². The molecule has 0 radical (unpaired) electrons. The van der Waals surface area contributed by atoms with E-state index in [1.54, 1.807) is 0 Å². The lowest BCUT2D eigenvalue weighted by atomic mass is 10.5. The van der Waals surface area contributed by atoms with Gasteiger partial charge in [0.05, 0.1) is 5.33 Å². The van der Waals surface area contributed by atoms with Gasteiger partial charge in [0.25, 0.3) is 0 Å². The molecule has 0 saturated carbocycles. The monoisotopic (exact) mass is 230 g/mol. The van der Waals surface area contributed by atoms with Gasteiger partial charge in [0.15, 0.2) is 0 Å². The summed E-state index contributed by atoms with van der Waals surface area (Å²) in [4.78, 5) is 10.8. The summed E-state index contributed by atoms with van der Waals surface area (Å²) in [5.41, 5.74) is 0. The van der Waals surface area contributed by atoms with Crippen molar-refractivity contribution in [2.24, 2.45) is 0 Å². The highest BCUT2D eigenvalue weighted by Crippen LogP contribution is 1.88. The Bertz CT molecular complexity index is 233. The molecule has 0 aliphatic rings. The molecule has 0 aliphatic carbocycles. The van der Waals surface area contributed by atoms with Crippen LogP contribution in [0.3, 0.4) is 0 Å². The van der Waals surface area contributed by atoms with Crippen LogP contribution < -0.4 is 5.32 Å². The Labute approximate surface area is 79.9 Å². The molecule has 0 fully saturated rings. The van der Waals surface area contributed by atoms with Crippen molar-refractivity contribution in [2.75, 3.05) is 11.9 Å². The summed E-state index contributed by atoms with van der Waals surface area (Å²) in [5, 5.41) is 3.14. The number of alkyl halides is 1. The molecule has 0 unspecified atom stereocenters. The molecule has 0 aliphatic heterocycles. The number of amides is 1. The van der Waals surface area contributed by atoms with E-state index in [0.717, 1.165) is 6.54 Å². The molecule has 1 rings (SSSR count). The molecule has 0 aromatic carbocycles. The van der Waals surface area contributed by atoms with Crippen molar-refractivity contribution in [1.29, 1.82) is 0 Å². The number of nitrogens with zero attached hydrogens (tertiary/aromatic N) is 1. The second kappa shape index (κ2) is 4.98. The zero-order valence-electron chi connectivity index (χ0n) is 6.66. The molecule has 1 amide bonds. The standard InChI is InChI=1S/C8H11BrN2O/c9-7-8(12)10-3-6-11-4-1-2-5-11/h1-2,4-5H,3,6-7H2,(H,10,12). The number of nitrogens with one attached hydrogen (secondary N) is 1. The van der Waals surface area contributed by atoms with Crippen molar-refractivity contribution in [2.45, 2.75) is 6.54 Å². The van der Waals surface area contributed by atoms with Crippen LogP contribution in [0.4, 0.5) is 0 Å². The average molecular weight is 231 g/mol. The zero-order valence-corrected chi connectivity index (χ0v) is 8.25. The second-order valence-corrected chi connectivity index (χ2v) is 2.97. The number of rotatable bonds is 4. The molecule has 12 heavy (non-hydrogen) atoms. The molecule has 1 aromatic heterocycles. The summed E-state index contributed by atoms with van der Waals surface area (Å²) >= 11 is 3.07. The third-order valence-electron chi connectivity index (χ3n) is 1.48. The summed E-state index contributed by atoms with van der Waals surface area (Å²) in [5.74, 6) is 0.0298. The van der Waals surface area contributed by atoms with Gasteiger partial charge < -0.3 is 9.88 Å². The first-order chi connectivity index (χ1) is 5.83. The van der Waals surface area contributed by atoms with E-state index in [0.29, 0.717) is 11.9 Å². The van der Waals surface area contributed by atoms with Crippen LogP contribution in [0.5, 0.6) is 0 Å². The molecule has 3 nitrogen and oxygen atoms in total. The first kappa shape index (κ1) is 9.32. The minimum absolute atomic E-state index is 0.0298. The Morgan fingerprint density at radius 2 is 2.08 bits per heavy atom. The Kier molecular flexibility index (Phi) is 3.87. The molecule has 0 bridgehead atoms.